The molecular formula is C17H19N3O2S. The van der Waals surface area contributed by atoms with Crippen molar-refractivity contribution >= 4 is 28.3 Å². The molecule has 0 bridgehead atoms. The van der Waals surface area contributed by atoms with E-state index in [9.17, 15) is 9.59 Å². The zero-order valence-corrected chi connectivity index (χ0v) is 13.6. The van der Waals surface area contributed by atoms with Crippen molar-refractivity contribution in [2.45, 2.75) is 31.6 Å². The second-order valence-electron chi connectivity index (χ2n) is 5.66. The number of carbonyl (C=O) groups excluding carboxylic acids is 2. The molecule has 1 aromatic carbocycles. The number of anilines is 1. The molecule has 120 valence electrons. The Morgan fingerprint density at radius 2 is 1.96 bits per heavy atom. The lowest BCUT2D eigenvalue weighted by molar-refractivity contribution is -0.120. The van der Waals surface area contributed by atoms with E-state index in [1.807, 2.05) is 35.7 Å². The maximum Gasteiger partial charge on any atom is 0.227 e. The first-order valence-corrected chi connectivity index (χ1v) is 8.64. The van der Waals surface area contributed by atoms with Gasteiger partial charge in [0.2, 0.25) is 11.8 Å². The molecule has 23 heavy (non-hydrogen) atoms. The van der Waals surface area contributed by atoms with Crippen LogP contribution in [0.25, 0.3) is 0 Å². The first-order valence-electron chi connectivity index (χ1n) is 7.76. The zero-order chi connectivity index (χ0) is 16.1. The van der Waals surface area contributed by atoms with Crippen molar-refractivity contribution < 1.29 is 9.59 Å². The highest BCUT2D eigenvalue weighted by Gasteiger charge is 2.26. The van der Waals surface area contributed by atoms with Gasteiger partial charge < -0.3 is 10.6 Å². The molecule has 0 spiro atoms. The van der Waals surface area contributed by atoms with Crippen LogP contribution in [0, 0.1) is 0 Å². The highest BCUT2D eigenvalue weighted by Crippen LogP contribution is 2.40. The molecule has 1 aromatic heterocycles. The fourth-order valence-electron chi connectivity index (χ4n) is 2.25. The average molecular weight is 329 g/mol. The number of nitrogens with zero attached hydrogens (tertiary/aromatic N) is 1. The smallest absolute Gasteiger partial charge is 0.227 e. The fourth-order valence-corrected chi connectivity index (χ4v) is 3.06. The van der Waals surface area contributed by atoms with Crippen LogP contribution in [0.5, 0.6) is 0 Å². The molecule has 0 atom stereocenters. The van der Waals surface area contributed by atoms with Gasteiger partial charge in [-0.1, -0.05) is 30.3 Å². The maximum absolute atomic E-state index is 11.9. The molecule has 0 unspecified atom stereocenters. The Labute approximate surface area is 139 Å². The van der Waals surface area contributed by atoms with Crippen LogP contribution in [0.4, 0.5) is 5.13 Å². The van der Waals surface area contributed by atoms with Gasteiger partial charge in [0.1, 0.15) is 0 Å². The normalized spacial score (nSPS) is 13.6. The average Bonchev–Trinajstić information content (AvgIpc) is 3.29. The number of benzene rings is 1. The summed E-state index contributed by atoms with van der Waals surface area (Å²) in [6.45, 7) is 0.332. The summed E-state index contributed by atoms with van der Waals surface area (Å²) in [7, 11) is 0. The third-order valence-corrected chi connectivity index (χ3v) is 4.42. The van der Waals surface area contributed by atoms with Crippen LogP contribution in [0.3, 0.4) is 0 Å². The Balaban J connectivity index is 1.36. The molecule has 0 radical (unpaired) electrons. The Kier molecular flexibility index (Phi) is 5.02. The third kappa shape index (κ3) is 4.89. The number of hydrogen-bond acceptors (Lipinski definition) is 4. The topological polar surface area (TPSA) is 71.1 Å². The van der Waals surface area contributed by atoms with E-state index >= 15 is 0 Å². The van der Waals surface area contributed by atoms with Gasteiger partial charge in [0.15, 0.2) is 5.13 Å². The van der Waals surface area contributed by atoms with Gasteiger partial charge in [-0.05, 0) is 18.4 Å². The third-order valence-electron chi connectivity index (χ3n) is 3.65. The van der Waals surface area contributed by atoms with Crippen LogP contribution >= 0.6 is 11.3 Å². The lowest BCUT2D eigenvalue weighted by Crippen LogP contribution is -2.28. The monoisotopic (exact) mass is 329 g/mol. The first-order chi connectivity index (χ1) is 11.2. The van der Waals surface area contributed by atoms with Gasteiger partial charge >= 0.3 is 0 Å². The molecule has 1 aliphatic carbocycles. The van der Waals surface area contributed by atoms with Gasteiger partial charge in [-0.2, -0.15) is 0 Å². The second-order valence-corrected chi connectivity index (χ2v) is 6.52. The summed E-state index contributed by atoms with van der Waals surface area (Å²) in [6, 6.07) is 9.54. The van der Waals surface area contributed by atoms with Crippen LogP contribution in [-0.4, -0.2) is 23.3 Å². The molecule has 1 fully saturated rings. The number of aromatic nitrogens is 1. The summed E-state index contributed by atoms with van der Waals surface area (Å²) in [4.78, 5) is 28.0. The summed E-state index contributed by atoms with van der Waals surface area (Å²) in [5.41, 5.74) is 2.05. The van der Waals surface area contributed by atoms with Gasteiger partial charge in [-0.3, -0.25) is 9.59 Å². The number of hydrogen-bond donors (Lipinski definition) is 2. The molecule has 1 heterocycles. The van der Waals surface area contributed by atoms with E-state index in [1.54, 1.807) is 0 Å². The Morgan fingerprint density at radius 3 is 2.70 bits per heavy atom. The quantitative estimate of drug-likeness (QED) is 0.820. The summed E-state index contributed by atoms with van der Waals surface area (Å²) in [6.07, 6.45) is 2.98. The minimum absolute atomic E-state index is 0.0748. The SMILES string of the molecule is O=C(Cc1ccccc1)NCCC(=O)Nc1nc(C2CC2)cs1. The van der Waals surface area contributed by atoms with E-state index in [-0.39, 0.29) is 18.2 Å². The molecule has 1 aliphatic rings. The largest absolute Gasteiger partial charge is 0.355 e. The van der Waals surface area contributed by atoms with Crippen LogP contribution in [0.1, 0.15) is 36.4 Å². The molecule has 0 saturated heterocycles. The predicted octanol–water partition coefficient (Wildman–Crippen LogP) is 2.71. The van der Waals surface area contributed by atoms with Gasteiger partial charge in [0.05, 0.1) is 12.1 Å². The molecule has 6 heteroatoms. The molecule has 0 aliphatic heterocycles. The van der Waals surface area contributed by atoms with E-state index in [1.165, 1.54) is 24.2 Å². The molecule has 5 nitrogen and oxygen atoms in total. The van der Waals surface area contributed by atoms with Crippen LogP contribution in [-0.2, 0) is 16.0 Å². The van der Waals surface area contributed by atoms with Crippen LogP contribution < -0.4 is 10.6 Å². The number of rotatable bonds is 7. The van der Waals surface area contributed by atoms with E-state index in [2.05, 4.69) is 15.6 Å². The molecule has 2 amide bonds. The summed E-state index contributed by atoms with van der Waals surface area (Å²) >= 11 is 1.46. The minimum atomic E-state index is -0.123. The zero-order valence-electron chi connectivity index (χ0n) is 12.7. The maximum atomic E-state index is 11.9. The second kappa shape index (κ2) is 7.37. The first kappa shape index (κ1) is 15.7. The Hall–Kier alpha value is -2.21. The van der Waals surface area contributed by atoms with Crippen molar-refractivity contribution in [2.75, 3.05) is 11.9 Å². The van der Waals surface area contributed by atoms with E-state index < -0.39 is 0 Å². The van der Waals surface area contributed by atoms with Crippen LogP contribution in [0.15, 0.2) is 35.7 Å². The van der Waals surface area contributed by atoms with E-state index in [0.717, 1.165) is 11.3 Å². The van der Waals surface area contributed by atoms with Gasteiger partial charge in [0.25, 0.3) is 0 Å². The van der Waals surface area contributed by atoms with Crippen molar-refractivity contribution in [3.63, 3.8) is 0 Å². The molecular weight excluding hydrogens is 310 g/mol. The summed E-state index contributed by atoms with van der Waals surface area (Å²) in [5.74, 6) is 0.394. The lowest BCUT2D eigenvalue weighted by Gasteiger charge is -2.05. The number of nitrogens with one attached hydrogen (secondary N) is 2. The van der Waals surface area contributed by atoms with Gasteiger partial charge in [0, 0.05) is 24.3 Å². The Morgan fingerprint density at radius 1 is 1.17 bits per heavy atom. The van der Waals surface area contributed by atoms with Crippen LogP contribution in [0.2, 0.25) is 0 Å². The molecule has 1 saturated carbocycles. The lowest BCUT2D eigenvalue weighted by atomic mass is 10.1. The van der Waals surface area contributed by atoms with E-state index in [4.69, 9.17) is 0 Å². The number of carbonyl (C=O) groups is 2. The number of thiazole rings is 1. The summed E-state index contributed by atoms with van der Waals surface area (Å²) in [5, 5.41) is 8.20. The van der Waals surface area contributed by atoms with Crippen molar-refractivity contribution in [3.8, 4) is 0 Å². The van der Waals surface area contributed by atoms with Crippen molar-refractivity contribution in [1.82, 2.24) is 10.3 Å². The van der Waals surface area contributed by atoms with Crippen molar-refractivity contribution in [3.05, 3.63) is 47.0 Å². The number of amides is 2. The van der Waals surface area contributed by atoms with Crippen molar-refractivity contribution in [1.29, 1.82) is 0 Å². The molecule has 3 rings (SSSR count). The minimum Gasteiger partial charge on any atom is -0.355 e. The molecule has 2 aromatic rings. The summed E-state index contributed by atoms with van der Waals surface area (Å²) < 4.78 is 0. The standard InChI is InChI=1S/C17H19N3O2S/c21-15(20-17-19-14(11-23-17)13-6-7-13)8-9-18-16(22)10-12-4-2-1-3-5-12/h1-5,11,13H,6-10H2,(H,18,22)(H,19,20,21). The predicted molar refractivity (Wildman–Crippen MR) is 90.5 cm³/mol. The molecule has 2 N–H and O–H groups in total. The Bertz CT molecular complexity index is 680. The fraction of sp³-hybridized carbons (Fsp3) is 0.353. The van der Waals surface area contributed by atoms with Gasteiger partial charge in [-0.25, -0.2) is 4.98 Å². The van der Waals surface area contributed by atoms with Crippen molar-refractivity contribution in [2.24, 2.45) is 0 Å². The highest BCUT2D eigenvalue weighted by molar-refractivity contribution is 7.13. The van der Waals surface area contributed by atoms with Gasteiger partial charge in [-0.15, -0.1) is 11.3 Å². The highest BCUT2D eigenvalue weighted by atomic mass is 32.1. The van der Waals surface area contributed by atoms with E-state index in [0.29, 0.717) is 24.0 Å².